The monoisotopic (exact) mass is 462 g/mol. The maximum Gasteiger partial charge on any atom is 0.257 e. The van der Waals surface area contributed by atoms with Gasteiger partial charge in [0.05, 0.1) is 5.52 Å². The Morgan fingerprint density at radius 3 is 2.71 bits per heavy atom. The van der Waals surface area contributed by atoms with Crippen LogP contribution in [-0.2, 0) is 4.79 Å². The predicted molar refractivity (Wildman–Crippen MR) is 132 cm³/mol. The Morgan fingerprint density at radius 1 is 1.03 bits per heavy atom. The lowest BCUT2D eigenvalue weighted by atomic mass is 10.1. The second-order valence-electron chi connectivity index (χ2n) is 8.82. The molecule has 1 N–H and O–H groups in total. The fourth-order valence-electron chi connectivity index (χ4n) is 4.65. The summed E-state index contributed by atoms with van der Waals surface area (Å²) in [6.07, 6.45) is 8.94. The molecule has 0 bridgehead atoms. The standard InChI is InChI=1S/C27H22N6O2/c34-26(10-5-18-3-6-19(7-4-18)21-2-1-11-28-13-21)32-14-22-16-33(17-23(22)15-32)27(35)20-8-9-24-25(12-20)30-31-29-24/h1-13,16,23H,14-15,17H2,(H,29,30,31)/t23-/m1/s1. The molecule has 172 valence electrons. The Bertz CT molecular complexity index is 1470. The van der Waals surface area contributed by atoms with Crippen molar-refractivity contribution >= 4 is 28.9 Å². The highest BCUT2D eigenvalue weighted by molar-refractivity contribution is 5.98. The van der Waals surface area contributed by atoms with E-state index in [1.165, 1.54) is 0 Å². The van der Waals surface area contributed by atoms with E-state index in [2.05, 4.69) is 20.4 Å². The number of nitrogens with one attached hydrogen (secondary N) is 1. The third-order valence-electron chi connectivity index (χ3n) is 6.55. The van der Waals surface area contributed by atoms with Gasteiger partial charge in [0.15, 0.2) is 0 Å². The summed E-state index contributed by atoms with van der Waals surface area (Å²) in [7, 11) is 0. The number of aromatic nitrogens is 4. The average molecular weight is 463 g/mol. The van der Waals surface area contributed by atoms with Crippen LogP contribution in [0.4, 0.5) is 0 Å². The van der Waals surface area contributed by atoms with Gasteiger partial charge >= 0.3 is 0 Å². The number of benzene rings is 2. The fraction of sp³-hybridized carbons (Fsp3) is 0.148. The zero-order valence-corrected chi connectivity index (χ0v) is 18.8. The van der Waals surface area contributed by atoms with Gasteiger partial charge in [0, 0.05) is 55.8 Å². The van der Waals surface area contributed by atoms with Crippen molar-refractivity contribution in [2.45, 2.75) is 0 Å². The van der Waals surface area contributed by atoms with Crippen molar-refractivity contribution in [3.8, 4) is 11.1 Å². The molecular weight excluding hydrogens is 440 g/mol. The molecule has 0 saturated carbocycles. The lowest BCUT2D eigenvalue weighted by Crippen LogP contribution is -2.32. The summed E-state index contributed by atoms with van der Waals surface area (Å²) in [5.41, 5.74) is 6.26. The third-order valence-corrected chi connectivity index (χ3v) is 6.55. The number of carbonyl (C=O) groups excluding carboxylic acids is 2. The quantitative estimate of drug-likeness (QED) is 0.468. The van der Waals surface area contributed by atoms with Crippen molar-refractivity contribution in [3.63, 3.8) is 0 Å². The fourth-order valence-corrected chi connectivity index (χ4v) is 4.65. The van der Waals surface area contributed by atoms with Crippen LogP contribution in [0.2, 0.25) is 0 Å². The summed E-state index contributed by atoms with van der Waals surface area (Å²) >= 11 is 0. The maximum absolute atomic E-state index is 13.0. The van der Waals surface area contributed by atoms with Gasteiger partial charge in [-0.1, -0.05) is 35.5 Å². The molecule has 6 rings (SSSR count). The summed E-state index contributed by atoms with van der Waals surface area (Å²) < 4.78 is 0. The molecule has 0 radical (unpaired) electrons. The van der Waals surface area contributed by atoms with Crippen molar-refractivity contribution < 1.29 is 9.59 Å². The molecule has 2 aromatic heterocycles. The van der Waals surface area contributed by atoms with Crippen LogP contribution in [0, 0.1) is 5.92 Å². The second kappa shape index (κ2) is 8.64. The first-order valence-electron chi connectivity index (χ1n) is 11.4. The molecule has 8 nitrogen and oxygen atoms in total. The van der Waals surface area contributed by atoms with Gasteiger partial charge in [-0.3, -0.25) is 19.7 Å². The molecule has 4 heterocycles. The van der Waals surface area contributed by atoms with Crippen molar-refractivity contribution in [1.29, 1.82) is 0 Å². The van der Waals surface area contributed by atoms with Gasteiger partial charge in [-0.25, -0.2) is 0 Å². The van der Waals surface area contributed by atoms with E-state index in [-0.39, 0.29) is 17.7 Å². The molecule has 4 aromatic rings. The molecular formula is C27H22N6O2. The number of pyridine rings is 1. The van der Waals surface area contributed by atoms with Gasteiger partial charge in [-0.15, -0.1) is 5.10 Å². The number of amides is 2. The molecule has 1 atom stereocenters. The SMILES string of the molecule is O=C(c1ccc2[nH]nnc2c1)N1C=C2CN(C(=O)C=Cc3ccc(-c4cccnc4)cc3)C[C@@H]2C1. The van der Waals surface area contributed by atoms with Gasteiger partial charge in [-0.05, 0) is 52.6 Å². The summed E-state index contributed by atoms with van der Waals surface area (Å²) in [5, 5.41) is 10.5. The lowest BCUT2D eigenvalue weighted by Gasteiger charge is -2.19. The van der Waals surface area contributed by atoms with Crippen molar-refractivity contribution in [3.05, 3.63) is 96.0 Å². The third kappa shape index (κ3) is 4.10. The molecule has 2 aliphatic heterocycles. The molecule has 0 spiro atoms. The summed E-state index contributed by atoms with van der Waals surface area (Å²) in [6, 6.07) is 17.3. The second-order valence-corrected chi connectivity index (χ2v) is 8.82. The zero-order valence-electron chi connectivity index (χ0n) is 18.8. The number of likely N-dealkylation sites (tertiary alicyclic amines) is 1. The minimum Gasteiger partial charge on any atom is -0.334 e. The number of aromatic amines is 1. The molecule has 2 amide bonds. The summed E-state index contributed by atoms with van der Waals surface area (Å²) in [4.78, 5) is 33.5. The lowest BCUT2D eigenvalue weighted by molar-refractivity contribution is -0.125. The van der Waals surface area contributed by atoms with E-state index < -0.39 is 0 Å². The highest BCUT2D eigenvalue weighted by Crippen LogP contribution is 2.31. The smallest absolute Gasteiger partial charge is 0.257 e. The van der Waals surface area contributed by atoms with Gasteiger partial charge in [0.25, 0.3) is 5.91 Å². The number of hydrogen-bond donors (Lipinski definition) is 1. The van der Waals surface area contributed by atoms with Crippen LogP contribution in [-0.4, -0.2) is 61.6 Å². The minimum atomic E-state index is -0.0655. The van der Waals surface area contributed by atoms with Crippen molar-refractivity contribution in [2.75, 3.05) is 19.6 Å². The highest BCUT2D eigenvalue weighted by atomic mass is 16.2. The van der Waals surface area contributed by atoms with Gasteiger partial charge in [0.2, 0.25) is 5.91 Å². The molecule has 35 heavy (non-hydrogen) atoms. The number of nitrogens with zero attached hydrogens (tertiary/aromatic N) is 5. The number of fused-ring (bicyclic) bond motifs is 2. The highest BCUT2D eigenvalue weighted by Gasteiger charge is 2.36. The number of rotatable bonds is 4. The van der Waals surface area contributed by atoms with E-state index in [1.54, 1.807) is 29.3 Å². The first kappa shape index (κ1) is 21.0. The molecule has 2 aliphatic rings. The van der Waals surface area contributed by atoms with Crippen LogP contribution in [0.1, 0.15) is 15.9 Å². The number of carbonyl (C=O) groups is 2. The predicted octanol–water partition coefficient (Wildman–Crippen LogP) is 3.53. The van der Waals surface area contributed by atoms with E-state index in [1.807, 2.05) is 65.8 Å². The molecule has 1 fully saturated rings. The Hall–Kier alpha value is -4.59. The van der Waals surface area contributed by atoms with E-state index in [9.17, 15) is 9.59 Å². The van der Waals surface area contributed by atoms with E-state index in [0.717, 1.165) is 27.8 Å². The van der Waals surface area contributed by atoms with Gasteiger partial charge in [0.1, 0.15) is 5.52 Å². The molecule has 0 unspecified atom stereocenters. The zero-order chi connectivity index (χ0) is 23.8. The first-order valence-corrected chi connectivity index (χ1v) is 11.4. The first-order chi connectivity index (χ1) is 17.1. The van der Waals surface area contributed by atoms with Crippen LogP contribution >= 0.6 is 0 Å². The van der Waals surface area contributed by atoms with Crippen molar-refractivity contribution in [2.24, 2.45) is 5.92 Å². The largest absolute Gasteiger partial charge is 0.334 e. The van der Waals surface area contributed by atoms with E-state index in [0.29, 0.717) is 30.7 Å². The van der Waals surface area contributed by atoms with Crippen LogP contribution in [0.3, 0.4) is 0 Å². The van der Waals surface area contributed by atoms with E-state index in [4.69, 9.17) is 0 Å². The summed E-state index contributed by atoms with van der Waals surface area (Å²) in [6.45, 7) is 1.73. The molecule has 2 aromatic carbocycles. The van der Waals surface area contributed by atoms with Crippen LogP contribution in [0.25, 0.3) is 28.2 Å². The Kier molecular flexibility index (Phi) is 5.18. The van der Waals surface area contributed by atoms with Gasteiger partial charge < -0.3 is 9.80 Å². The van der Waals surface area contributed by atoms with Crippen LogP contribution in [0.5, 0.6) is 0 Å². The number of hydrogen-bond acceptors (Lipinski definition) is 5. The van der Waals surface area contributed by atoms with Crippen LogP contribution < -0.4 is 0 Å². The topological polar surface area (TPSA) is 95.1 Å². The average Bonchev–Trinajstić information content (AvgIpc) is 3.62. The normalized spacial score (nSPS) is 17.3. The Balaban J connectivity index is 1.08. The maximum atomic E-state index is 13.0. The molecule has 1 saturated heterocycles. The molecule has 0 aliphatic carbocycles. The van der Waals surface area contributed by atoms with E-state index >= 15 is 0 Å². The summed E-state index contributed by atoms with van der Waals surface area (Å²) in [5.74, 6) is 0.0844. The Labute approximate surface area is 201 Å². The van der Waals surface area contributed by atoms with Crippen LogP contribution in [0.15, 0.2) is 84.8 Å². The van der Waals surface area contributed by atoms with Gasteiger partial charge in [-0.2, -0.15) is 0 Å². The number of H-pyrrole nitrogens is 1. The minimum absolute atomic E-state index is 0.0222. The molecule has 8 heteroatoms. The Morgan fingerprint density at radius 2 is 1.91 bits per heavy atom. The van der Waals surface area contributed by atoms with Crippen molar-refractivity contribution in [1.82, 2.24) is 30.2 Å².